The van der Waals surface area contributed by atoms with Crippen molar-refractivity contribution >= 4 is 11.9 Å². The van der Waals surface area contributed by atoms with E-state index in [1.165, 1.54) is 0 Å². The topological polar surface area (TPSA) is 92.4 Å². The number of carboxylic acids is 1. The highest BCUT2D eigenvalue weighted by Crippen LogP contribution is 2.25. The van der Waals surface area contributed by atoms with Gasteiger partial charge in [-0.25, -0.2) is 0 Å². The van der Waals surface area contributed by atoms with Crippen LogP contribution in [0, 0.1) is 5.41 Å². The second kappa shape index (κ2) is 8.91. The fourth-order valence-corrected chi connectivity index (χ4v) is 1.69. The number of hydrogen-bond donors (Lipinski definition) is 3. The molecule has 0 spiro atoms. The molecule has 0 unspecified atom stereocenters. The van der Waals surface area contributed by atoms with Crippen LogP contribution >= 0.6 is 0 Å². The maximum atomic E-state index is 11.5. The summed E-state index contributed by atoms with van der Waals surface area (Å²) < 4.78 is 0. The van der Waals surface area contributed by atoms with E-state index in [-0.39, 0.29) is 17.7 Å². The van der Waals surface area contributed by atoms with Gasteiger partial charge in [0.2, 0.25) is 5.91 Å². The van der Waals surface area contributed by atoms with Crippen LogP contribution in [0.3, 0.4) is 0 Å². The normalized spacial score (nSPS) is 11.3. The van der Waals surface area contributed by atoms with E-state index >= 15 is 0 Å². The second-order valence-corrected chi connectivity index (χ2v) is 5.40. The number of amides is 1. The lowest BCUT2D eigenvalue weighted by Crippen LogP contribution is -2.26. The Balaban J connectivity index is 3.57. The van der Waals surface area contributed by atoms with Crippen LogP contribution in [0.1, 0.15) is 52.4 Å². The Morgan fingerprint density at radius 1 is 1.17 bits per heavy atom. The predicted molar refractivity (Wildman–Crippen MR) is 71.2 cm³/mol. The Hall–Kier alpha value is -1.10. The van der Waals surface area contributed by atoms with E-state index in [2.05, 4.69) is 19.2 Å². The van der Waals surface area contributed by atoms with E-state index in [1.54, 1.807) is 0 Å². The molecule has 0 aliphatic carbocycles. The molecule has 0 radical (unpaired) electrons. The van der Waals surface area contributed by atoms with Crippen LogP contribution in [-0.2, 0) is 9.59 Å². The maximum Gasteiger partial charge on any atom is 0.303 e. The summed E-state index contributed by atoms with van der Waals surface area (Å²) in [7, 11) is 0. The first kappa shape index (κ1) is 16.9. The zero-order valence-corrected chi connectivity index (χ0v) is 11.5. The zero-order chi connectivity index (χ0) is 14.0. The smallest absolute Gasteiger partial charge is 0.303 e. The summed E-state index contributed by atoms with van der Waals surface area (Å²) in [6.07, 6.45) is 3.73. The first-order chi connectivity index (χ1) is 8.37. The molecule has 5 heteroatoms. The lowest BCUT2D eigenvalue weighted by Gasteiger charge is -2.23. The molecule has 1 amide bonds. The van der Waals surface area contributed by atoms with Gasteiger partial charge >= 0.3 is 5.97 Å². The minimum Gasteiger partial charge on any atom is -0.481 e. The second-order valence-electron chi connectivity index (χ2n) is 5.40. The molecule has 0 aromatic rings. The average molecular weight is 258 g/mol. The molecule has 0 aliphatic heterocycles. The monoisotopic (exact) mass is 258 g/mol. The molecule has 4 N–H and O–H groups in total. The molecule has 106 valence electrons. The van der Waals surface area contributed by atoms with Crippen LogP contribution < -0.4 is 11.1 Å². The largest absolute Gasteiger partial charge is 0.481 e. The van der Waals surface area contributed by atoms with E-state index < -0.39 is 5.97 Å². The predicted octanol–water partition coefficient (Wildman–Crippen LogP) is 1.51. The molecule has 0 atom stereocenters. The van der Waals surface area contributed by atoms with Gasteiger partial charge in [0.05, 0.1) is 0 Å². The van der Waals surface area contributed by atoms with Crippen LogP contribution in [0.4, 0.5) is 0 Å². The summed E-state index contributed by atoms with van der Waals surface area (Å²) in [5.41, 5.74) is 5.62. The summed E-state index contributed by atoms with van der Waals surface area (Å²) in [5.74, 6) is -0.750. The number of aliphatic carboxylic acids is 1. The minimum atomic E-state index is -0.787. The highest BCUT2D eigenvalue weighted by atomic mass is 16.4. The van der Waals surface area contributed by atoms with Crippen molar-refractivity contribution in [3.8, 4) is 0 Å². The number of unbranched alkanes of at least 4 members (excludes halogenated alkanes) is 1. The molecule has 0 saturated carbocycles. The lowest BCUT2D eigenvalue weighted by atomic mass is 9.84. The number of carboxylic acid groups (broad SMARTS) is 1. The molecule has 0 saturated heterocycles. The van der Waals surface area contributed by atoms with Gasteiger partial charge in [0.25, 0.3) is 0 Å². The van der Waals surface area contributed by atoms with Gasteiger partial charge in [-0.3, -0.25) is 9.59 Å². The standard InChI is InChI=1S/C13H26N2O3/c1-13(2,8-9-14)7-6-11(16)15-10-4-3-5-12(17)18/h3-10,14H2,1-2H3,(H,15,16)(H,17,18). The van der Waals surface area contributed by atoms with Gasteiger partial charge in [-0.2, -0.15) is 0 Å². The molecule has 0 bridgehead atoms. The van der Waals surface area contributed by atoms with Crippen LogP contribution in [-0.4, -0.2) is 30.1 Å². The van der Waals surface area contributed by atoms with Crippen molar-refractivity contribution in [2.75, 3.05) is 13.1 Å². The van der Waals surface area contributed by atoms with Gasteiger partial charge in [0.15, 0.2) is 0 Å². The number of carbonyl (C=O) groups is 2. The Labute approximate surface area is 109 Å². The van der Waals surface area contributed by atoms with Crippen molar-refractivity contribution in [2.24, 2.45) is 11.1 Å². The fourth-order valence-electron chi connectivity index (χ4n) is 1.69. The lowest BCUT2D eigenvalue weighted by molar-refractivity contribution is -0.137. The molecule has 0 aromatic carbocycles. The van der Waals surface area contributed by atoms with Crippen molar-refractivity contribution in [3.05, 3.63) is 0 Å². The fraction of sp³-hybridized carbons (Fsp3) is 0.846. The molecule has 0 aromatic heterocycles. The maximum absolute atomic E-state index is 11.5. The van der Waals surface area contributed by atoms with Crippen molar-refractivity contribution < 1.29 is 14.7 Å². The quantitative estimate of drug-likeness (QED) is 0.518. The summed E-state index contributed by atoms with van der Waals surface area (Å²) >= 11 is 0. The molecule has 0 heterocycles. The number of nitrogens with two attached hydrogens (primary N) is 1. The zero-order valence-electron chi connectivity index (χ0n) is 11.5. The van der Waals surface area contributed by atoms with E-state index in [0.717, 1.165) is 12.8 Å². The summed E-state index contributed by atoms with van der Waals surface area (Å²) in [4.78, 5) is 21.8. The van der Waals surface area contributed by atoms with Crippen molar-refractivity contribution in [1.29, 1.82) is 0 Å². The van der Waals surface area contributed by atoms with Gasteiger partial charge in [0, 0.05) is 19.4 Å². The molecular formula is C13H26N2O3. The van der Waals surface area contributed by atoms with Crippen molar-refractivity contribution in [1.82, 2.24) is 5.32 Å². The highest BCUT2D eigenvalue weighted by molar-refractivity contribution is 5.75. The Bertz CT molecular complexity index is 265. The number of hydrogen-bond acceptors (Lipinski definition) is 3. The Kier molecular flexibility index (Phi) is 8.37. The number of nitrogens with one attached hydrogen (secondary N) is 1. The molecule has 5 nitrogen and oxygen atoms in total. The van der Waals surface area contributed by atoms with Gasteiger partial charge in [0.1, 0.15) is 0 Å². The van der Waals surface area contributed by atoms with Crippen molar-refractivity contribution in [2.45, 2.75) is 52.4 Å². The van der Waals surface area contributed by atoms with Crippen molar-refractivity contribution in [3.63, 3.8) is 0 Å². The molecule has 0 rings (SSSR count). The Morgan fingerprint density at radius 2 is 1.83 bits per heavy atom. The van der Waals surface area contributed by atoms with Crippen LogP contribution in [0.5, 0.6) is 0 Å². The van der Waals surface area contributed by atoms with E-state index in [0.29, 0.717) is 32.4 Å². The first-order valence-electron chi connectivity index (χ1n) is 6.56. The molecule has 18 heavy (non-hydrogen) atoms. The van der Waals surface area contributed by atoms with Gasteiger partial charge < -0.3 is 16.2 Å². The SMILES string of the molecule is CC(C)(CCN)CCC(=O)NCCCCC(=O)O. The highest BCUT2D eigenvalue weighted by Gasteiger charge is 2.17. The third kappa shape index (κ3) is 10.1. The third-order valence-corrected chi connectivity index (χ3v) is 2.99. The van der Waals surface area contributed by atoms with Crippen LogP contribution in [0.2, 0.25) is 0 Å². The number of rotatable bonds is 10. The summed E-state index contributed by atoms with van der Waals surface area (Å²) in [6.45, 7) is 5.42. The number of carbonyl (C=O) groups excluding carboxylic acids is 1. The van der Waals surface area contributed by atoms with E-state index in [9.17, 15) is 9.59 Å². The molecular weight excluding hydrogens is 232 g/mol. The summed E-state index contributed by atoms with van der Waals surface area (Å²) in [5, 5.41) is 11.3. The van der Waals surface area contributed by atoms with Gasteiger partial charge in [-0.1, -0.05) is 13.8 Å². The first-order valence-corrected chi connectivity index (χ1v) is 6.56. The van der Waals surface area contributed by atoms with E-state index in [1.807, 2.05) is 0 Å². The molecule has 0 aliphatic rings. The van der Waals surface area contributed by atoms with Crippen LogP contribution in [0.15, 0.2) is 0 Å². The van der Waals surface area contributed by atoms with Crippen LogP contribution in [0.25, 0.3) is 0 Å². The minimum absolute atomic E-state index is 0.0374. The van der Waals surface area contributed by atoms with Gasteiger partial charge in [-0.05, 0) is 37.6 Å². The van der Waals surface area contributed by atoms with E-state index in [4.69, 9.17) is 10.8 Å². The summed E-state index contributed by atoms with van der Waals surface area (Å²) in [6, 6.07) is 0. The molecule has 0 fully saturated rings. The third-order valence-electron chi connectivity index (χ3n) is 2.99. The van der Waals surface area contributed by atoms with Gasteiger partial charge in [-0.15, -0.1) is 0 Å². The Morgan fingerprint density at radius 3 is 2.39 bits per heavy atom. The average Bonchev–Trinajstić information content (AvgIpc) is 2.25.